The van der Waals surface area contributed by atoms with Crippen molar-refractivity contribution >= 4 is 29.4 Å². The molecule has 2 heterocycles. The van der Waals surface area contributed by atoms with Gasteiger partial charge >= 0.3 is 0 Å². The maximum atomic E-state index is 13.2. The summed E-state index contributed by atoms with van der Waals surface area (Å²) >= 11 is 0. The zero-order chi connectivity index (χ0) is 20.6. The smallest absolute Gasteiger partial charge is 0.150 e. The van der Waals surface area contributed by atoms with Gasteiger partial charge in [-0.05, 0) is 42.8 Å². The SMILES string of the molecule is CN/C(=C\C=N)c1cc(Nc2cnccn2)nc(N[C@@H](C)c2ccc(F)cc2)c1. The van der Waals surface area contributed by atoms with Crippen molar-refractivity contribution < 1.29 is 4.39 Å². The standard InChI is InChI=1S/C21H22FN7/c1-14(15-3-5-17(22)6-4-15)27-19-11-16(18(24-2)7-8-23)12-20(28-19)29-21-13-25-9-10-26-21/h3-14,23-24H,1-2H3,(H2,26,27,28,29)/b18-7-,23-8?/t14-/m0/s1. The van der Waals surface area contributed by atoms with Crippen LogP contribution in [0.4, 0.5) is 21.8 Å². The fourth-order valence-electron chi connectivity index (χ4n) is 2.78. The van der Waals surface area contributed by atoms with Crippen molar-refractivity contribution in [3.63, 3.8) is 0 Å². The molecule has 4 N–H and O–H groups in total. The summed E-state index contributed by atoms with van der Waals surface area (Å²) in [5.41, 5.74) is 2.54. The summed E-state index contributed by atoms with van der Waals surface area (Å²) in [6.07, 6.45) is 7.67. The van der Waals surface area contributed by atoms with Gasteiger partial charge in [0.2, 0.25) is 0 Å². The van der Waals surface area contributed by atoms with E-state index in [1.807, 2.05) is 19.1 Å². The molecular weight excluding hydrogens is 369 g/mol. The van der Waals surface area contributed by atoms with Crippen molar-refractivity contribution in [2.75, 3.05) is 17.7 Å². The topological polar surface area (TPSA) is 98.6 Å². The van der Waals surface area contributed by atoms with E-state index in [9.17, 15) is 4.39 Å². The monoisotopic (exact) mass is 391 g/mol. The number of allylic oxidation sites excluding steroid dienone is 1. The molecule has 8 heteroatoms. The van der Waals surface area contributed by atoms with Crippen LogP contribution in [0.15, 0.2) is 61.1 Å². The molecule has 0 unspecified atom stereocenters. The Labute approximate surface area is 168 Å². The lowest BCUT2D eigenvalue weighted by atomic mass is 10.1. The lowest BCUT2D eigenvalue weighted by Crippen LogP contribution is -2.11. The van der Waals surface area contributed by atoms with Crippen LogP contribution in [-0.2, 0) is 0 Å². The van der Waals surface area contributed by atoms with Crippen LogP contribution < -0.4 is 16.0 Å². The van der Waals surface area contributed by atoms with Crippen LogP contribution in [0.1, 0.15) is 24.1 Å². The maximum absolute atomic E-state index is 13.2. The highest BCUT2D eigenvalue weighted by Crippen LogP contribution is 2.25. The Bertz CT molecular complexity index is 988. The second kappa shape index (κ2) is 9.41. The van der Waals surface area contributed by atoms with Gasteiger partial charge in [0.25, 0.3) is 0 Å². The number of hydrogen-bond acceptors (Lipinski definition) is 7. The number of pyridine rings is 1. The predicted molar refractivity (Wildman–Crippen MR) is 114 cm³/mol. The summed E-state index contributed by atoms with van der Waals surface area (Å²) in [6, 6.07) is 10.00. The van der Waals surface area contributed by atoms with Gasteiger partial charge in [-0.2, -0.15) is 0 Å². The van der Waals surface area contributed by atoms with Gasteiger partial charge in [-0.15, -0.1) is 0 Å². The second-order valence-electron chi connectivity index (χ2n) is 6.26. The van der Waals surface area contributed by atoms with E-state index in [2.05, 4.69) is 30.9 Å². The summed E-state index contributed by atoms with van der Waals surface area (Å²) in [6.45, 7) is 1.98. The Balaban J connectivity index is 1.93. The Hall–Kier alpha value is -3.81. The van der Waals surface area contributed by atoms with E-state index in [0.717, 1.165) is 16.8 Å². The van der Waals surface area contributed by atoms with Gasteiger partial charge in [-0.3, -0.25) is 4.98 Å². The molecule has 0 bridgehead atoms. The molecule has 0 fully saturated rings. The van der Waals surface area contributed by atoms with Crippen molar-refractivity contribution in [2.45, 2.75) is 13.0 Å². The highest BCUT2D eigenvalue weighted by molar-refractivity contribution is 5.83. The molecule has 0 aliphatic rings. The van der Waals surface area contributed by atoms with Gasteiger partial charge in [0.05, 0.1) is 6.20 Å². The van der Waals surface area contributed by atoms with E-state index in [-0.39, 0.29) is 11.9 Å². The van der Waals surface area contributed by atoms with E-state index in [4.69, 9.17) is 5.41 Å². The van der Waals surface area contributed by atoms with Crippen LogP contribution in [0.25, 0.3) is 5.70 Å². The first-order valence-electron chi connectivity index (χ1n) is 9.05. The molecule has 0 amide bonds. The Morgan fingerprint density at radius 3 is 2.52 bits per heavy atom. The minimum atomic E-state index is -0.271. The normalized spacial score (nSPS) is 12.2. The quantitative estimate of drug-likeness (QED) is 0.431. The van der Waals surface area contributed by atoms with E-state index in [1.54, 1.807) is 43.8 Å². The number of benzene rings is 1. The molecule has 1 atom stereocenters. The molecular formula is C21H22FN7. The summed E-state index contributed by atoms with van der Waals surface area (Å²) < 4.78 is 13.2. The van der Waals surface area contributed by atoms with E-state index < -0.39 is 0 Å². The van der Waals surface area contributed by atoms with Crippen LogP contribution in [0.2, 0.25) is 0 Å². The largest absolute Gasteiger partial charge is 0.388 e. The fraction of sp³-hybridized carbons (Fsp3) is 0.143. The summed E-state index contributed by atoms with van der Waals surface area (Å²) in [5.74, 6) is 1.49. The van der Waals surface area contributed by atoms with Crippen LogP contribution in [0.5, 0.6) is 0 Å². The van der Waals surface area contributed by atoms with Gasteiger partial charge in [-0.1, -0.05) is 12.1 Å². The number of aromatic nitrogens is 3. The lowest BCUT2D eigenvalue weighted by Gasteiger charge is -2.18. The highest BCUT2D eigenvalue weighted by Gasteiger charge is 2.11. The first-order chi connectivity index (χ1) is 14.1. The molecule has 0 aliphatic carbocycles. The third-order valence-electron chi connectivity index (χ3n) is 4.21. The molecule has 0 radical (unpaired) electrons. The first-order valence-corrected chi connectivity index (χ1v) is 9.05. The van der Waals surface area contributed by atoms with Crippen LogP contribution in [-0.4, -0.2) is 28.2 Å². The molecule has 0 saturated heterocycles. The third kappa shape index (κ3) is 5.35. The minimum absolute atomic E-state index is 0.0903. The summed E-state index contributed by atoms with van der Waals surface area (Å²) in [5, 5.41) is 16.9. The van der Waals surface area contributed by atoms with E-state index >= 15 is 0 Å². The molecule has 0 aliphatic heterocycles. The zero-order valence-corrected chi connectivity index (χ0v) is 16.1. The molecule has 29 heavy (non-hydrogen) atoms. The molecule has 148 valence electrons. The first kappa shape index (κ1) is 19.9. The van der Waals surface area contributed by atoms with Gasteiger partial charge < -0.3 is 21.4 Å². The maximum Gasteiger partial charge on any atom is 0.150 e. The van der Waals surface area contributed by atoms with Crippen LogP contribution in [0, 0.1) is 11.2 Å². The average Bonchev–Trinajstić information content (AvgIpc) is 2.73. The summed E-state index contributed by atoms with van der Waals surface area (Å²) in [7, 11) is 1.79. The van der Waals surface area contributed by atoms with Gasteiger partial charge in [0.1, 0.15) is 23.3 Å². The number of nitrogens with zero attached hydrogens (tertiary/aromatic N) is 3. The van der Waals surface area contributed by atoms with Crippen molar-refractivity contribution in [2.24, 2.45) is 0 Å². The van der Waals surface area contributed by atoms with Gasteiger partial charge in [0.15, 0.2) is 0 Å². The predicted octanol–water partition coefficient (Wildman–Crippen LogP) is 4.14. The molecule has 1 aromatic carbocycles. The second-order valence-corrected chi connectivity index (χ2v) is 6.26. The number of hydrogen-bond donors (Lipinski definition) is 4. The Morgan fingerprint density at radius 2 is 1.86 bits per heavy atom. The number of halogens is 1. The number of rotatable bonds is 8. The molecule has 0 spiro atoms. The minimum Gasteiger partial charge on any atom is -0.388 e. The lowest BCUT2D eigenvalue weighted by molar-refractivity contribution is 0.626. The zero-order valence-electron chi connectivity index (χ0n) is 16.1. The third-order valence-corrected chi connectivity index (χ3v) is 4.21. The Morgan fingerprint density at radius 1 is 1.10 bits per heavy atom. The van der Waals surface area contributed by atoms with Crippen molar-refractivity contribution in [3.8, 4) is 0 Å². The van der Waals surface area contributed by atoms with Gasteiger partial charge in [0, 0.05) is 43.0 Å². The van der Waals surface area contributed by atoms with Crippen LogP contribution >= 0.6 is 0 Å². The van der Waals surface area contributed by atoms with Crippen molar-refractivity contribution in [1.82, 2.24) is 20.3 Å². The van der Waals surface area contributed by atoms with E-state index in [1.165, 1.54) is 18.3 Å². The molecule has 7 nitrogen and oxygen atoms in total. The number of anilines is 3. The molecule has 3 rings (SSSR count). The van der Waals surface area contributed by atoms with Crippen LogP contribution in [0.3, 0.4) is 0 Å². The van der Waals surface area contributed by atoms with Crippen molar-refractivity contribution in [3.05, 3.63) is 78.0 Å². The highest BCUT2D eigenvalue weighted by atomic mass is 19.1. The van der Waals surface area contributed by atoms with Gasteiger partial charge in [-0.25, -0.2) is 14.4 Å². The van der Waals surface area contributed by atoms with Crippen molar-refractivity contribution in [1.29, 1.82) is 5.41 Å². The molecule has 3 aromatic rings. The Kier molecular flexibility index (Phi) is 6.47. The van der Waals surface area contributed by atoms with E-state index in [0.29, 0.717) is 17.5 Å². The summed E-state index contributed by atoms with van der Waals surface area (Å²) in [4.78, 5) is 12.9. The average molecular weight is 391 g/mol. The number of nitrogens with one attached hydrogen (secondary N) is 4. The molecule has 2 aromatic heterocycles. The fourth-order valence-corrected chi connectivity index (χ4v) is 2.78. The molecule has 0 saturated carbocycles.